The van der Waals surface area contributed by atoms with Crippen molar-refractivity contribution in [2.45, 2.75) is 6.92 Å². The molecule has 0 spiro atoms. The quantitative estimate of drug-likeness (QED) is 0.846. The number of fused-ring (bicyclic) bond motifs is 1. The molecule has 0 aliphatic heterocycles. The van der Waals surface area contributed by atoms with Gasteiger partial charge in [0.05, 0.1) is 11.2 Å². The van der Waals surface area contributed by atoms with E-state index < -0.39 is 17.8 Å². The molecule has 1 aromatic carbocycles. The number of aliphatic carboxylic acids is 1. The molecule has 19 heavy (non-hydrogen) atoms. The maximum Gasteiger partial charge on any atom is 0.315 e. The van der Waals surface area contributed by atoms with Crippen LogP contribution in [0.15, 0.2) is 30.5 Å². The lowest BCUT2D eigenvalue weighted by Gasteiger charge is -2.10. The molecule has 2 N–H and O–H groups in total. The van der Waals surface area contributed by atoms with Crippen LogP contribution in [0.3, 0.4) is 0 Å². The van der Waals surface area contributed by atoms with E-state index in [0.717, 1.165) is 5.39 Å². The number of halogens is 1. The van der Waals surface area contributed by atoms with Gasteiger partial charge in [0.1, 0.15) is 5.92 Å². The van der Waals surface area contributed by atoms with Gasteiger partial charge in [-0.25, -0.2) is 0 Å². The summed E-state index contributed by atoms with van der Waals surface area (Å²) in [5, 5.41) is 12.6. The highest BCUT2D eigenvalue weighted by Gasteiger charge is 2.21. The van der Waals surface area contributed by atoms with Gasteiger partial charge in [-0.15, -0.1) is 0 Å². The van der Waals surface area contributed by atoms with E-state index in [-0.39, 0.29) is 0 Å². The van der Waals surface area contributed by atoms with E-state index in [2.05, 4.69) is 10.3 Å². The van der Waals surface area contributed by atoms with Gasteiger partial charge in [0.25, 0.3) is 0 Å². The molecule has 2 aromatic rings. The van der Waals surface area contributed by atoms with Crippen LogP contribution < -0.4 is 5.32 Å². The van der Waals surface area contributed by atoms with Crippen LogP contribution in [0.25, 0.3) is 10.9 Å². The van der Waals surface area contributed by atoms with Gasteiger partial charge in [-0.2, -0.15) is 0 Å². The van der Waals surface area contributed by atoms with Crippen LogP contribution >= 0.6 is 11.6 Å². The number of amides is 1. The zero-order valence-corrected chi connectivity index (χ0v) is 10.8. The van der Waals surface area contributed by atoms with Crippen LogP contribution in [-0.4, -0.2) is 22.0 Å². The summed E-state index contributed by atoms with van der Waals surface area (Å²) in [6.07, 6.45) is 1.59. The second-order valence-electron chi connectivity index (χ2n) is 4.08. The molecule has 2 rings (SSSR count). The third-order valence-corrected chi connectivity index (χ3v) is 2.91. The lowest BCUT2D eigenvalue weighted by atomic mass is 10.1. The third-order valence-electron chi connectivity index (χ3n) is 2.69. The lowest BCUT2D eigenvalue weighted by molar-refractivity contribution is -0.144. The van der Waals surface area contributed by atoms with Crippen LogP contribution in [0.5, 0.6) is 0 Å². The monoisotopic (exact) mass is 278 g/mol. The Bertz CT molecular complexity index is 657. The topological polar surface area (TPSA) is 79.3 Å². The number of aromatic nitrogens is 1. The van der Waals surface area contributed by atoms with E-state index in [1.54, 1.807) is 24.4 Å². The van der Waals surface area contributed by atoms with Crippen LogP contribution in [0.1, 0.15) is 6.92 Å². The fourth-order valence-corrected chi connectivity index (χ4v) is 1.83. The van der Waals surface area contributed by atoms with Gasteiger partial charge >= 0.3 is 5.97 Å². The van der Waals surface area contributed by atoms with Crippen molar-refractivity contribution in [1.29, 1.82) is 0 Å². The van der Waals surface area contributed by atoms with Crippen molar-refractivity contribution >= 4 is 40.1 Å². The Morgan fingerprint density at radius 3 is 2.84 bits per heavy atom. The van der Waals surface area contributed by atoms with Crippen molar-refractivity contribution in [3.63, 3.8) is 0 Å². The fraction of sp³-hybridized carbons (Fsp3) is 0.154. The number of nitrogens with zero attached hydrogens (tertiary/aromatic N) is 1. The van der Waals surface area contributed by atoms with Crippen molar-refractivity contribution in [2.75, 3.05) is 5.32 Å². The first-order chi connectivity index (χ1) is 8.99. The first-order valence-electron chi connectivity index (χ1n) is 5.57. The Labute approximate surface area is 114 Å². The Kier molecular flexibility index (Phi) is 3.66. The molecular weight excluding hydrogens is 268 g/mol. The number of hydrogen-bond donors (Lipinski definition) is 2. The van der Waals surface area contributed by atoms with Gasteiger partial charge in [0, 0.05) is 16.6 Å². The first kappa shape index (κ1) is 13.3. The molecule has 0 aliphatic carbocycles. The Morgan fingerprint density at radius 1 is 1.42 bits per heavy atom. The van der Waals surface area contributed by atoms with E-state index >= 15 is 0 Å². The highest BCUT2D eigenvalue weighted by molar-refractivity contribution is 6.32. The number of carboxylic acid groups (broad SMARTS) is 1. The fourth-order valence-electron chi connectivity index (χ4n) is 1.60. The zero-order valence-electron chi connectivity index (χ0n) is 10.1. The minimum absolute atomic E-state index is 0.404. The number of pyridine rings is 1. The zero-order chi connectivity index (χ0) is 14.0. The van der Waals surface area contributed by atoms with Gasteiger partial charge in [-0.05, 0) is 25.1 Å². The molecule has 1 unspecified atom stereocenters. The molecular formula is C13H11ClN2O3. The van der Waals surface area contributed by atoms with E-state index in [1.807, 2.05) is 6.07 Å². The van der Waals surface area contributed by atoms with Crippen molar-refractivity contribution in [1.82, 2.24) is 4.98 Å². The maximum atomic E-state index is 11.7. The molecule has 98 valence electrons. The molecule has 0 radical (unpaired) electrons. The summed E-state index contributed by atoms with van der Waals surface area (Å²) in [4.78, 5) is 26.7. The van der Waals surface area contributed by atoms with Gasteiger partial charge in [-0.3, -0.25) is 14.6 Å². The Morgan fingerprint density at radius 2 is 2.16 bits per heavy atom. The summed E-state index contributed by atoms with van der Waals surface area (Å²) in [5.74, 6) is -2.93. The summed E-state index contributed by atoms with van der Waals surface area (Å²) >= 11 is 5.95. The van der Waals surface area contributed by atoms with Gasteiger partial charge in [0.15, 0.2) is 0 Å². The normalized spacial score (nSPS) is 12.1. The summed E-state index contributed by atoms with van der Waals surface area (Å²) in [5.41, 5.74) is 0.971. The van der Waals surface area contributed by atoms with Crippen molar-refractivity contribution < 1.29 is 14.7 Å². The molecule has 1 amide bonds. The summed E-state index contributed by atoms with van der Waals surface area (Å²) < 4.78 is 0. The number of carbonyl (C=O) groups excluding carboxylic acids is 1. The van der Waals surface area contributed by atoms with Gasteiger partial charge in [-0.1, -0.05) is 17.7 Å². The number of rotatable bonds is 3. The number of anilines is 1. The highest BCUT2D eigenvalue weighted by Crippen LogP contribution is 2.26. The molecule has 5 nitrogen and oxygen atoms in total. The number of hydrogen-bond acceptors (Lipinski definition) is 3. The average Bonchev–Trinajstić information content (AvgIpc) is 2.37. The van der Waals surface area contributed by atoms with Crippen LogP contribution in [-0.2, 0) is 9.59 Å². The molecule has 1 atom stereocenters. The van der Waals surface area contributed by atoms with E-state index in [4.69, 9.17) is 16.7 Å². The highest BCUT2D eigenvalue weighted by atomic mass is 35.5. The summed E-state index contributed by atoms with van der Waals surface area (Å²) in [6.45, 7) is 1.32. The minimum Gasteiger partial charge on any atom is -0.481 e. The molecule has 6 heteroatoms. The number of carbonyl (C=O) groups is 2. The first-order valence-corrected chi connectivity index (χ1v) is 5.95. The summed E-state index contributed by atoms with van der Waals surface area (Å²) in [7, 11) is 0. The Hall–Kier alpha value is -2.14. The second-order valence-corrected chi connectivity index (χ2v) is 4.51. The predicted octanol–water partition coefficient (Wildman–Crippen LogP) is 2.55. The second kappa shape index (κ2) is 5.24. The average molecular weight is 279 g/mol. The molecule has 1 heterocycles. The number of benzene rings is 1. The predicted molar refractivity (Wildman–Crippen MR) is 72.2 cm³/mol. The van der Waals surface area contributed by atoms with E-state index in [0.29, 0.717) is 16.2 Å². The number of nitrogens with one attached hydrogen (secondary N) is 1. The van der Waals surface area contributed by atoms with Gasteiger partial charge < -0.3 is 10.4 Å². The van der Waals surface area contributed by atoms with Gasteiger partial charge in [0.2, 0.25) is 5.91 Å². The van der Waals surface area contributed by atoms with E-state index in [1.165, 1.54) is 6.92 Å². The standard InChI is InChI=1S/C13H11ClN2O3/c1-7(13(18)19)12(17)16-10-6-9(14)5-8-3-2-4-15-11(8)10/h2-7H,1H3,(H,16,17)(H,18,19). The lowest BCUT2D eigenvalue weighted by Crippen LogP contribution is -2.27. The number of carboxylic acids is 1. The van der Waals surface area contributed by atoms with Crippen LogP contribution in [0.4, 0.5) is 5.69 Å². The van der Waals surface area contributed by atoms with E-state index in [9.17, 15) is 9.59 Å². The third kappa shape index (κ3) is 2.82. The maximum absolute atomic E-state index is 11.7. The van der Waals surface area contributed by atoms with Crippen molar-refractivity contribution in [3.8, 4) is 0 Å². The minimum atomic E-state index is -1.18. The molecule has 1 aromatic heterocycles. The van der Waals surface area contributed by atoms with Crippen molar-refractivity contribution in [3.05, 3.63) is 35.5 Å². The molecule has 0 aliphatic rings. The van der Waals surface area contributed by atoms with Crippen molar-refractivity contribution in [2.24, 2.45) is 5.92 Å². The molecule has 0 fully saturated rings. The smallest absolute Gasteiger partial charge is 0.315 e. The molecule has 0 bridgehead atoms. The van der Waals surface area contributed by atoms with Crippen LogP contribution in [0.2, 0.25) is 5.02 Å². The summed E-state index contributed by atoms with van der Waals surface area (Å²) in [6, 6.07) is 6.83. The molecule has 0 saturated carbocycles. The SMILES string of the molecule is CC(C(=O)O)C(=O)Nc1cc(Cl)cc2cccnc12. The van der Waals surface area contributed by atoms with Crippen LogP contribution in [0, 0.1) is 5.92 Å². The Balaban J connectivity index is 2.40. The largest absolute Gasteiger partial charge is 0.481 e. The molecule has 0 saturated heterocycles.